The van der Waals surface area contributed by atoms with Gasteiger partial charge in [0.05, 0.1) is 19.3 Å². The molecule has 2 amide bonds. The van der Waals surface area contributed by atoms with Gasteiger partial charge in [0.25, 0.3) is 5.91 Å². The van der Waals surface area contributed by atoms with Crippen LogP contribution in [-0.2, 0) is 9.53 Å². The second kappa shape index (κ2) is 11.4. The van der Waals surface area contributed by atoms with Gasteiger partial charge in [0.2, 0.25) is 5.91 Å². The zero-order valence-corrected chi connectivity index (χ0v) is 18.1. The molecule has 3 rings (SSSR count). The van der Waals surface area contributed by atoms with Crippen LogP contribution in [0.1, 0.15) is 37.0 Å². The summed E-state index contributed by atoms with van der Waals surface area (Å²) in [5.74, 6) is 0.906. The molecule has 31 heavy (non-hydrogen) atoms. The van der Waals surface area contributed by atoms with E-state index in [9.17, 15) is 9.59 Å². The van der Waals surface area contributed by atoms with Crippen LogP contribution in [0.15, 0.2) is 48.5 Å². The van der Waals surface area contributed by atoms with Crippen LogP contribution >= 0.6 is 0 Å². The minimum absolute atomic E-state index is 0.0899. The Balaban J connectivity index is 1.44. The first-order valence-corrected chi connectivity index (χ1v) is 10.8. The van der Waals surface area contributed by atoms with E-state index in [0.29, 0.717) is 36.0 Å². The third-order valence-corrected chi connectivity index (χ3v) is 4.81. The van der Waals surface area contributed by atoms with Crippen molar-refractivity contribution >= 4 is 23.2 Å². The van der Waals surface area contributed by atoms with Gasteiger partial charge < -0.3 is 25.4 Å². The van der Waals surface area contributed by atoms with Crippen LogP contribution in [0.4, 0.5) is 11.4 Å². The van der Waals surface area contributed by atoms with Crippen LogP contribution in [0, 0.1) is 5.92 Å². The molecule has 1 saturated heterocycles. The summed E-state index contributed by atoms with van der Waals surface area (Å²) in [6.07, 6.45) is 2.12. The SMILES string of the molecule is CC(C)COc1ccc(NC(=O)CNc2cccc(C(=O)NCC3CCCO3)c2)cc1. The lowest BCUT2D eigenvalue weighted by Gasteiger charge is -2.12. The summed E-state index contributed by atoms with van der Waals surface area (Å²) in [6.45, 7) is 6.20. The fourth-order valence-corrected chi connectivity index (χ4v) is 3.17. The van der Waals surface area contributed by atoms with Crippen LogP contribution in [0.25, 0.3) is 0 Å². The van der Waals surface area contributed by atoms with Crippen LogP contribution in [0.3, 0.4) is 0 Å². The number of benzene rings is 2. The normalized spacial score (nSPS) is 15.5. The van der Waals surface area contributed by atoms with Gasteiger partial charge in [-0.25, -0.2) is 0 Å². The van der Waals surface area contributed by atoms with Gasteiger partial charge >= 0.3 is 0 Å². The summed E-state index contributed by atoms with van der Waals surface area (Å²) in [5, 5.41) is 8.81. The number of nitrogens with one attached hydrogen (secondary N) is 3. The molecule has 3 N–H and O–H groups in total. The second-order valence-electron chi connectivity index (χ2n) is 8.06. The van der Waals surface area contributed by atoms with E-state index in [1.165, 1.54) is 0 Å². The molecular formula is C24H31N3O4. The van der Waals surface area contributed by atoms with Crippen LogP contribution in [0.2, 0.25) is 0 Å². The van der Waals surface area contributed by atoms with Crippen LogP contribution in [0.5, 0.6) is 5.75 Å². The molecule has 7 heteroatoms. The van der Waals surface area contributed by atoms with Crippen molar-refractivity contribution in [3.63, 3.8) is 0 Å². The molecule has 1 aliphatic heterocycles. The van der Waals surface area contributed by atoms with Gasteiger partial charge in [0, 0.05) is 30.1 Å². The van der Waals surface area contributed by atoms with Gasteiger partial charge in [-0.1, -0.05) is 19.9 Å². The van der Waals surface area contributed by atoms with Crippen molar-refractivity contribution < 1.29 is 19.1 Å². The van der Waals surface area contributed by atoms with E-state index in [-0.39, 0.29) is 24.5 Å². The summed E-state index contributed by atoms with van der Waals surface area (Å²) in [5.41, 5.74) is 1.95. The topological polar surface area (TPSA) is 88.7 Å². The average molecular weight is 426 g/mol. The maximum Gasteiger partial charge on any atom is 0.251 e. The Labute approximate surface area is 183 Å². The minimum Gasteiger partial charge on any atom is -0.493 e. The highest BCUT2D eigenvalue weighted by atomic mass is 16.5. The zero-order valence-electron chi connectivity index (χ0n) is 18.1. The Morgan fingerprint density at radius 3 is 2.65 bits per heavy atom. The first-order valence-electron chi connectivity index (χ1n) is 10.8. The number of rotatable bonds is 10. The van der Waals surface area contributed by atoms with Gasteiger partial charge in [-0.2, -0.15) is 0 Å². The van der Waals surface area contributed by atoms with E-state index in [2.05, 4.69) is 29.8 Å². The zero-order chi connectivity index (χ0) is 22.1. The maximum atomic E-state index is 12.4. The van der Waals surface area contributed by atoms with Crippen LogP contribution < -0.4 is 20.7 Å². The lowest BCUT2D eigenvalue weighted by molar-refractivity contribution is -0.114. The molecule has 0 spiro atoms. The van der Waals surface area contributed by atoms with Gasteiger partial charge in [0.1, 0.15) is 5.75 Å². The highest BCUT2D eigenvalue weighted by Gasteiger charge is 2.16. The van der Waals surface area contributed by atoms with Crippen LogP contribution in [-0.4, -0.2) is 44.2 Å². The second-order valence-corrected chi connectivity index (χ2v) is 8.06. The van der Waals surface area contributed by atoms with Crippen molar-refractivity contribution in [2.45, 2.75) is 32.8 Å². The smallest absolute Gasteiger partial charge is 0.251 e. The number of hydrogen-bond acceptors (Lipinski definition) is 5. The monoisotopic (exact) mass is 425 g/mol. The van der Waals surface area contributed by atoms with Gasteiger partial charge in [-0.15, -0.1) is 0 Å². The Bertz CT molecular complexity index is 861. The molecular weight excluding hydrogens is 394 g/mol. The molecule has 2 aromatic rings. The molecule has 0 saturated carbocycles. The highest BCUT2D eigenvalue weighted by molar-refractivity contribution is 5.96. The van der Waals surface area contributed by atoms with E-state index in [1.54, 1.807) is 18.2 Å². The van der Waals surface area contributed by atoms with Crippen molar-refractivity contribution in [2.24, 2.45) is 5.92 Å². The molecule has 0 radical (unpaired) electrons. The Kier molecular flexibility index (Phi) is 8.29. The quantitative estimate of drug-likeness (QED) is 0.540. The molecule has 1 fully saturated rings. The molecule has 2 aromatic carbocycles. The summed E-state index contributed by atoms with van der Waals surface area (Å²) in [6, 6.07) is 14.4. The first kappa shape index (κ1) is 22.6. The van der Waals surface area contributed by atoms with Gasteiger partial charge in [-0.3, -0.25) is 9.59 Å². The molecule has 1 aliphatic rings. The molecule has 1 atom stereocenters. The van der Waals surface area contributed by atoms with Gasteiger partial charge in [0.15, 0.2) is 0 Å². The Morgan fingerprint density at radius 1 is 1.13 bits per heavy atom. The Hall–Kier alpha value is -3.06. The average Bonchev–Trinajstić information content (AvgIpc) is 3.29. The number of amides is 2. The van der Waals surface area contributed by atoms with Crippen molar-refractivity contribution in [3.05, 3.63) is 54.1 Å². The maximum absolute atomic E-state index is 12.4. The predicted molar refractivity (Wildman–Crippen MR) is 122 cm³/mol. The lowest BCUT2D eigenvalue weighted by atomic mass is 10.1. The standard InChI is InChI=1S/C24H31N3O4/c1-17(2)16-31-21-10-8-19(9-11-21)27-23(28)15-25-20-6-3-5-18(13-20)24(29)26-14-22-7-4-12-30-22/h3,5-6,8-11,13,17,22,25H,4,7,12,14-16H2,1-2H3,(H,26,29)(H,27,28). The molecule has 0 aromatic heterocycles. The molecule has 1 heterocycles. The third-order valence-electron chi connectivity index (χ3n) is 4.81. The van der Waals surface area contributed by atoms with E-state index < -0.39 is 0 Å². The van der Waals surface area contributed by atoms with Crippen molar-refractivity contribution in [1.82, 2.24) is 5.32 Å². The summed E-state index contributed by atoms with van der Waals surface area (Å²) in [4.78, 5) is 24.6. The third kappa shape index (κ3) is 7.61. The molecule has 0 bridgehead atoms. The summed E-state index contributed by atoms with van der Waals surface area (Å²) in [7, 11) is 0. The number of hydrogen-bond donors (Lipinski definition) is 3. The van der Waals surface area contributed by atoms with Gasteiger partial charge in [-0.05, 0) is 61.2 Å². The largest absolute Gasteiger partial charge is 0.493 e. The fraction of sp³-hybridized carbons (Fsp3) is 0.417. The predicted octanol–water partition coefficient (Wildman–Crippen LogP) is 3.68. The number of carbonyl (C=O) groups is 2. The highest BCUT2D eigenvalue weighted by Crippen LogP contribution is 2.17. The van der Waals surface area contributed by atoms with E-state index >= 15 is 0 Å². The number of carbonyl (C=O) groups excluding carboxylic acids is 2. The fourth-order valence-electron chi connectivity index (χ4n) is 3.17. The summed E-state index contributed by atoms with van der Waals surface area (Å²) >= 11 is 0. The number of anilines is 2. The molecule has 0 aliphatic carbocycles. The van der Waals surface area contributed by atoms with E-state index in [1.807, 2.05) is 30.3 Å². The molecule has 7 nitrogen and oxygen atoms in total. The summed E-state index contributed by atoms with van der Waals surface area (Å²) < 4.78 is 11.2. The minimum atomic E-state index is -0.177. The van der Waals surface area contributed by atoms with Crippen molar-refractivity contribution in [3.8, 4) is 5.75 Å². The number of ether oxygens (including phenoxy) is 2. The van der Waals surface area contributed by atoms with Crippen molar-refractivity contribution in [2.75, 3.05) is 36.9 Å². The Morgan fingerprint density at radius 2 is 1.94 bits per heavy atom. The first-order chi connectivity index (χ1) is 15.0. The lowest BCUT2D eigenvalue weighted by Crippen LogP contribution is -2.31. The molecule has 166 valence electrons. The van der Waals surface area contributed by atoms with E-state index in [0.717, 1.165) is 25.2 Å². The van der Waals surface area contributed by atoms with Crippen molar-refractivity contribution in [1.29, 1.82) is 0 Å². The van der Waals surface area contributed by atoms with E-state index in [4.69, 9.17) is 9.47 Å². The molecule has 1 unspecified atom stereocenters.